The van der Waals surface area contributed by atoms with Crippen LogP contribution < -0.4 is 0 Å². The van der Waals surface area contributed by atoms with Gasteiger partial charge in [0.15, 0.2) is 5.75 Å². The molecule has 0 bridgehead atoms. The molecule has 194 valence electrons. The molecule has 36 heavy (non-hydrogen) atoms. The molecule has 0 saturated heterocycles. The summed E-state index contributed by atoms with van der Waals surface area (Å²) in [4.78, 5) is -1.05. The number of aromatic hydroxyl groups is 1. The molecule has 3 rings (SSSR count). The summed E-state index contributed by atoms with van der Waals surface area (Å²) >= 11 is 0. The van der Waals surface area contributed by atoms with E-state index in [0.717, 1.165) is 20.3 Å². The summed E-state index contributed by atoms with van der Waals surface area (Å²) in [5.74, 6) is -1.50. The molecule has 0 radical (unpaired) electrons. The number of phenolic OH excluding ortho intramolecular Hbond substituents is 1. The molecule has 0 saturated carbocycles. The number of fused-ring (bicyclic) bond motifs is 1. The number of azo groups is 1. The van der Waals surface area contributed by atoms with E-state index in [-0.39, 0.29) is 32.5 Å². The second-order valence-electron chi connectivity index (χ2n) is 7.68. The maximum atomic E-state index is 12.7. The van der Waals surface area contributed by atoms with Crippen molar-refractivity contribution >= 4 is 52.5 Å². The van der Waals surface area contributed by atoms with Gasteiger partial charge in [-0.05, 0) is 37.1 Å². The Hall–Kier alpha value is -2.95. The Kier molecular flexibility index (Phi) is 7.55. The molecule has 0 fully saturated rings. The summed E-state index contributed by atoms with van der Waals surface area (Å²) in [5, 5.41) is 18.5. The van der Waals surface area contributed by atoms with Gasteiger partial charge in [0, 0.05) is 10.8 Å². The average molecular weight is 559 g/mol. The van der Waals surface area contributed by atoms with Crippen molar-refractivity contribution in [3.63, 3.8) is 0 Å². The third-order valence-corrected chi connectivity index (χ3v) is 8.62. The molecule has 0 heterocycles. The van der Waals surface area contributed by atoms with E-state index in [4.69, 9.17) is 0 Å². The summed E-state index contributed by atoms with van der Waals surface area (Å²) in [6, 6.07) is 8.15. The van der Waals surface area contributed by atoms with Crippen molar-refractivity contribution in [3.8, 4) is 5.75 Å². The Morgan fingerprint density at radius 3 is 2.06 bits per heavy atom. The monoisotopic (exact) mass is 558 g/mol. The largest absolute Gasteiger partial charge is 0.505 e. The highest BCUT2D eigenvalue weighted by Gasteiger charge is 2.28. The van der Waals surface area contributed by atoms with Gasteiger partial charge in [-0.3, -0.25) is 12.9 Å². The van der Waals surface area contributed by atoms with E-state index in [1.807, 2.05) is 0 Å². The van der Waals surface area contributed by atoms with Crippen molar-refractivity contribution in [1.29, 1.82) is 0 Å². The Bertz CT molecular complexity index is 1710. The third kappa shape index (κ3) is 5.55. The summed E-state index contributed by atoms with van der Waals surface area (Å²) in [5.41, 5.74) is 0.360. The number of hydrogen-bond donors (Lipinski definition) is 2. The van der Waals surface area contributed by atoms with Gasteiger partial charge in [-0.15, -0.1) is 5.11 Å². The zero-order valence-electron chi connectivity index (χ0n) is 19.5. The number of nitrogens with zero attached hydrogens (tertiary/aromatic N) is 2. The van der Waals surface area contributed by atoms with Crippen molar-refractivity contribution in [2.24, 2.45) is 10.2 Å². The van der Waals surface area contributed by atoms with Crippen molar-refractivity contribution in [1.82, 2.24) is 0 Å². The minimum Gasteiger partial charge on any atom is -0.505 e. The molecule has 2 N–H and O–H groups in total. The van der Waals surface area contributed by atoms with Crippen LogP contribution in [0.2, 0.25) is 0 Å². The van der Waals surface area contributed by atoms with Crippen LogP contribution in [0.25, 0.3) is 10.8 Å². The lowest BCUT2D eigenvalue weighted by Gasteiger charge is -2.14. The Morgan fingerprint density at radius 2 is 1.47 bits per heavy atom. The molecule has 0 aliphatic carbocycles. The van der Waals surface area contributed by atoms with Gasteiger partial charge < -0.3 is 5.11 Å². The van der Waals surface area contributed by atoms with Crippen LogP contribution in [0.4, 0.5) is 11.4 Å². The van der Waals surface area contributed by atoms with Gasteiger partial charge in [0.2, 0.25) is 0 Å². The fourth-order valence-electron chi connectivity index (χ4n) is 3.52. The Labute approximate surface area is 208 Å². The maximum Gasteiger partial charge on any atom is 0.299 e. The van der Waals surface area contributed by atoms with E-state index in [1.165, 1.54) is 31.2 Å². The Balaban J connectivity index is 2.38. The first-order valence-electron chi connectivity index (χ1n) is 9.98. The van der Waals surface area contributed by atoms with Crippen LogP contribution in [0, 0.1) is 13.8 Å². The second-order valence-corrected chi connectivity index (χ2v) is 12.5. The number of benzene rings is 3. The first-order chi connectivity index (χ1) is 16.6. The van der Waals surface area contributed by atoms with Crippen LogP contribution in [0.5, 0.6) is 5.75 Å². The second kappa shape index (κ2) is 9.84. The molecule has 15 heteroatoms. The zero-order valence-corrected chi connectivity index (χ0v) is 21.9. The fraction of sp³-hybridized carbons (Fsp3) is 0.238. The van der Waals surface area contributed by atoms with E-state index in [9.17, 15) is 34.9 Å². The van der Waals surface area contributed by atoms with Crippen LogP contribution in [0.15, 0.2) is 56.4 Å². The van der Waals surface area contributed by atoms with E-state index < -0.39 is 52.4 Å². The van der Waals surface area contributed by atoms with Gasteiger partial charge in [0.1, 0.15) is 21.2 Å². The highest BCUT2D eigenvalue weighted by Crippen LogP contribution is 2.44. The predicted octanol–water partition coefficient (Wildman–Crippen LogP) is 3.64. The summed E-state index contributed by atoms with van der Waals surface area (Å²) in [7, 11) is -11.5. The third-order valence-electron chi connectivity index (χ3n) is 5.17. The molecule has 12 nitrogen and oxygen atoms in total. The van der Waals surface area contributed by atoms with E-state index in [1.54, 1.807) is 13.0 Å². The van der Waals surface area contributed by atoms with Crippen molar-refractivity contribution in [3.05, 3.63) is 53.1 Å². The van der Waals surface area contributed by atoms with Crippen LogP contribution in [0.1, 0.15) is 16.7 Å². The normalized spacial score (nSPS) is 13.0. The minimum absolute atomic E-state index is 0.0231. The molecule has 0 spiro atoms. The lowest BCUT2D eigenvalue weighted by molar-refractivity contribution is 0.395. The molecule has 0 aliphatic heterocycles. The summed E-state index contributed by atoms with van der Waals surface area (Å²) in [6.07, 6.45) is 0. The lowest BCUT2D eigenvalue weighted by Crippen LogP contribution is -2.08. The number of hydrogen-bond acceptors (Lipinski definition) is 11. The highest BCUT2D eigenvalue weighted by molar-refractivity contribution is 7.87. The lowest BCUT2D eigenvalue weighted by atomic mass is 10.1. The molecule has 3 aromatic rings. The molecule has 0 amide bonds. The number of rotatable bonds is 8. The zero-order chi connectivity index (χ0) is 27.1. The van der Waals surface area contributed by atoms with Crippen LogP contribution in [-0.4, -0.2) is 49.1 Å². The quantitative estimate of drug-likeness (QED) is 0.235. The van der Waals surface area contributed by atoms with Gasteiger partial charge in [-0.1, -0.05) is 29.8 Å². The standard InChI is InChI=1S/C21H22N2O10S3/c1-12-5-8-17(14(9-12)11-34(25,26)27)22-23-19-18(35(28,29)32-3)10-16-15(20(19)24)7-6-13(2)21(16)36(30,31)33-4/h5-10,24H,11H2,1-4H3,(H,25,26,27). The molecule has 0 unspecified atom stereocenters. The number of phenols is 1. The van der Waals surface area contributed by atoms with E-state index in [2.05, 4.69) is 18.6 Å². The van der Waals surface area contributed by atoms with Crippen LogP contribution in [0.3, 0.4) is 0 Å². The summed E-state index contributed by atoms with van der Waals surface area (Å²) in [6.45, 7) is 3.15. The molecule has 0 atom stereocenters. The van der Waals surface area contributed by atoms with Gasteiger partial charge in [-0.2, -0.15) is 30.4 Å². The fourth-order valence-corrected chi connectivity index (χ4v) is 6.03. The maximum absolute atomic E-state index is 12.7. The van der Waals surface area contributed by atoms with Crippen molar-refractivity contribution in [2.45, 2.75) is 29.4 Å². The van der Waals surface area contributed by atoms with Gasteiger partial charge in [0.05, 0.1) is 19.9 Å². The van der Waals surface area contributed by atoms with Crippen molar-refractivity contribution in [2.75, 3.05) is 14.2 Å². The topological polar surface area (TPSA) is 186 Å². The Morgan fingerprint density at radius 1 is 0.833 bits per heavy atom. The van der Waals surface area contributed by atoms with E-state index >= 15 is 0 Å². The highest BCUT2D eigenvalue weighted by atomic mass is 32.2. The first-order valence-corrected chi connectivity index (χ1v) is 14.4. The SMILES string of the molecule is COS(=O)(=O)c1cc2c(S(=O)(=O)OC)c(C)ccc2c(O)c1N=Nc1ccc(C)cc1CS(=O)(=O)O. The van der Waals surface area contributed by atoms with Gasteiger partial charge in [0.25, 0.3) is 30.4 Å². The minimum atomic E-state index is -4.56. The summed E-state index contributed by atoms with van der Waals surface area (Å²) < 4.78 is 91.8. The molecular weight excluding hydrogens is 536 g/mol. The number of aryl methyl sites for hydroxylation is 2. The molecular formula is C21H22N2O10S3. The molecule has 0 aromatic heterocycles. The molecule has 3 aromatic carbocycles. The first kappa shape index (κ1) is 27.6. The van der Waals surface area contributed by atoms with E-state index in [0.29, 0.717) is 5.56 Å². The predicted molar refractivity (Wildman–Crippen MR) is 129 cm³/mol. The van der Waals surface area contributed by atoms with Crippen LogP contribution in [-0.2, 0) is 44.5 Å². The van der Waals surface area contributed by atoms with Gasteiger partial charge >= 0.3 is 0 Å². The van der Waals surface area contributed by atoms with Crippen LogP contribution >= 0.6 is 0 Å². The molecule has 0 aliphatic rings. The smallest absolute Gasteiger partial charge is 0.299 e. The average Bonchev–Trinajstić information content (AvgIpc) is 2.77. The van der Waals surface area contributed by atoms with Gasteiger partial charge in [-0.25, -0.2) is 0 Å². The van der Waals surface area contributed by atoms with Crippen molar-refractivity contribution < 1.29 is 43.3 Å².